The van der Waals surface area contributed by atoms with E-state index in [1.807, 2.05) is 18.2 Å². The molecular formula is C15H10N4O2. The van der Waals surface area contributed by atoms with Crippen LogP contribution in [0.15, 0.2) is 53.3 Å². The van der Waals surface area contributed by atoms with Crippen molar-refractivity contribution in [1.29, 1.82) is 0 Å². The Balaban J connectivity index is 1.78. The van der Waals surface area contributed by atoms with Crippen LogP contribution in [0.2, 0.25) is 0 Å². The number of imidazole rings is 1. The maximum atomic E-state index is 9.82. The molecule has 0 bridgehead atoms. The van der Waals surface area contributed by atoms with Gasteiger partial charge in [-0.2, -0.15) is 4.98 Å². The van der Waals surface area contributed by atoms with Crippen LogP contribution in [-0.2, 0) is 0 Å². The quantitative estimate of drug-likeness (QED) is 0.588. The molecule has 6 heteroatoms. The number of aromatic hydroxyl groups is 1. The topological polar surface area (TPSA) is 87.8 Å². The smallest absolute Gasteiger partial charge is 0.261 e. The number of hydrogen-bond donors (Lipinski definition) is 2. The first kappa shape index (κ1) is 11.7. The fourth-order valence-corrected chi connectivity index (χ4v) is 2.18. The lowest BCUT2D eigenvalue weighted by atomic mass is 10.2. The van der Waals surface area contributed by atoms with Crippen molar-refractivity contribution < 1.29 is 9.63 Å². The zero-order valence-corrected chi connectivity index (χ0v) is 10.8. The largest absolute Gasteiger partial charge is 0.507 e. The summed E-state index contributed by atoms with van der Waals surface area (Å²) in [7, 11) is 0. The summed E-state index contributed by atoms with van der Waals surface area (Å²) >= 11 is 0. The van der Waals surface area contributed by atoms with E-state index >= 15 is 0 Å². The van der Waals surface area contributed by atoms with Crippen LogP contribution in [0, 0.1) is 0 Å². The minimum Gasteiger partial charge on any atom is -0.507 e. The number of rotatable bonds is 2. The number of hydrogen-bond acceptors (Lipinski definition) is 5. The predicted molar refractivity (Wildman–Crippen MR) is 76.5 cm³/mol. The summed E-state index contributed by atoms with van der Waals surface area (Å²) in [5.74, 6) is 0.856. The molecule has 0 aliphatic carbocycles. The Morgan fingerprint density at radius 3 is 2.90 bits per heavy atom. The molecule has 2 aromatic heterocycles. The summed E-state index contributed by atoms with van der Waals surface area (Å²) in [5.41, 5.74) is 3.11. The summed E-state index contributed by atoms with van der Waals surface area (Å²) in [6.07, 6.45) is 1.64. The second-order valence-electron chi connectivity index (χ2n) is 4.57. The molecule has 0 saturated heterocycles. The van der Waals surface area contributed by atoms with Crippen molar-refractivity contribution in [2.75, 3.05) is 0 Å². The van der Waals surface area contributed by atoms with Crippen LogP contribution in [-0.4, -0.2) is 25.2 Å². The molecule has 0 saturated carbocycles. The molecule has 6 nitrogen and oxygen atoms in total. The first-order valence-corrected chi connectivity index (χ1v) is 6.37. The second kappa shape index (κ2) is 4.45. The lowest BCUT2D eigenvalue weighted by molar-refractivity contribution is 0.426. The molecule has 2 N–H and O–H groups in total. The Labute approximate surface area is 119 Å². The van der Waals surface area contributed by atoms with Crippen molar-refractivity contribution in [3.63, 3.8) is 0 Å². The average molecular weight is 278 g/mol. The molecule has 21 heavy (non-hydrogen) atoms. The highest BCUT2D eigenvalue weighted by molar-refractivity contribution is 5.80. The van der Waals surface area contributed by atoms with Crippen LogP contribution in [0.5, 0.6) is 5.75 Å². The van der Waals surface area contributed by atoms with E-state index in [9.17, 15) is 5.11 Å². The van der Waals surface area contributed by atoms with Crippen molar-refractivity contribution in [3.8, 4) is 28.6 Å². The number of nitrogens with zero attached hydrogens (tertiary/aromatic N) is 3. The number of fused-ring (bicyclic) bond motifs is 1. The molecule has 0 aliphatic heterocycles. The number of para-hydroxylation sites is 1. The molecule has 0 atom stereocenters. The molecule has 2 aromatic carbocycles. The normalized spacial score (nSPS) is 11.0. The fourth-order valence-electron chi connectivity index (χ4n) is 2.18. The lowest BCUT2D eigenvalue weighted by Gasteiger charge is -1.96. The number of phenolic OH excluding ortho intramolecular Hbond substituents is 1. The SMILES string of the molecule is Oc1ccccc1-c1nc(-c2ccc3nc[nH]c3c2)no1. The highest BCUT2D eigenvalue weighted by Crippen LogP contribution is 2.29. The third kappa shape index (κ3) is 1.93. The minimum absolute atomic E-state index is 0.108. The number of H-pyrrole nitrogens is 1. The van der Waals surface area contributed by atoms with Crippen molar-refractivity contribution in [2.24, 2.45) is 0 Å². The van der Waals surface area contributed by atoms with Crippen LogP contribution >= 0.6 is 0 Å². The average Bonchev–Trinajstić information content (AvgIpc) is 3.16. The van der Waals surface area contributed by atoms with Crippen LogP contribution < -0.4 is 0 Å². The van der Waals surface area contributed by atoms with Gasteiger partial charge in [-0.25, -0.2) is 4.98 Å². The van der Waals surface area contributed by atoms with Gasteiger partial charge in [0.1, 0.15) is 5.75 Å². The number of aromatic amines is 1. The highest BCUT2D eigenvalue weighted by atomic mass is 16.5. The van der Waals surface area contributed by atoms with Crippen LogP contribution in [0.1, 0.15) is 0 Å². The standard InChI is InChI=1S/C15H10N4O2/c20-13-4-2-1-3-10(13)15-18-14(19-21-15)9-5-6-11-12(7-9)17-8-16-11/h1-8,20H,(H,16,17). The molecule has 0 unspecified atom stereocenters. The summed E-state index contributed by atoms with van der Waals surface area (Å²) in [6.45, 7) is 0. The van der Waals surface area contributed by atoms with Crippen molar-refractivity contribution >= 4 is 11.0 Å². The Kier molecular flexibility index (Phi) is 2.47. The van der Waals surface area contributed by atoms with Crippen molar-refractivity contribution in [2.45, 2.75) is 0 Å². The van der Waals surface area contributed by atoms with Crippen LogP contribution in [0.25, 0.3) is 33.9 Å². The molecule has 2 heterocycles. The molecule has 102 valence electrons. The summed E-state index contributed by atoms with van der Waals surface area (Å²) in [6, 6.07) is 12.5. The molecule has 4 rings (SSSR count). The number of nitrogens with one attached hydrogen (secondary N) is 1. The summed E-state index contributed by atoms with van der Waals surface area (Å²) < 4.78 is 5.23. The van der Waals surface area contributed by atoms with Crippen molar-refractivity contribution in [3.05, 3.63) is 48.8 Å². The van der Waals surface area contributed by atoms with Gasteiger partial charge in [0.15, 0.2) is 0 Å². The third-order valence-electron chi connectivity index (χ3n) is 3.24. The third-order valence-corrected chi connectivity index (χ3v) is 3.24. The van der Waals surface area contributed by atoms with Crippen LogP contribution in [0.3, 0.4) is 0 Å². The Morgan fingerprint density at radius 2 is 2.00 bits per heavy atom. The van der Waals surface area contributed by atoms with Gasteiger partial charge in [-0.1, -0.05) is 17.3 Å². The first-order chi connectivity index (χ1) is 10.3. The fraction of sp³-hybridized carbons (Fsp3) is 0. The molecule has 0 spiro atoms. The van der Waals surface area contributed by atoms with E-state index in [0.29, 0.717) is 11.4 Å². The van der Waals surface area contributed by atoms with E-state index in [4.69, 9.17) is 4.52 Å². The van der Waals surface area contributed by atoms with E-state index in [-0.39, 0.29) is 11.6 Å². The molecular weight excluding hydrogens is 268 g/mol. The number of benzene rings is 2. The highest BCUT2D eigenvalue weighted by Gasteiger charge is 2.13. The summed E-state index contributed by atoms with van der Waals surface area (Å²) in [4.78, 5) is 11.5. The number of phenols is 1. The minimum atomic E-state index is 0.108. The zero-order valence-electron chi connectivity index (χ0n) is 10.8. The van der Waals surface area contributed by atoms with Gasteiger partial charge < -0.3 is 14.6 Å². The molecule has 0 fully saturated rings. The van der Waals surface area contributed by atoms with E-state index in [1.54, 1.807) is 30.6 Å². The van der Waals surface area contributed by atoms with E-state index in [1.165, 1.54) is 0 Å². The van der Waals surface area contributed by atoms with E-state index < -0.39 is 0 Å². The van der Waals surface area contributed by atoms with Gasteiger partial charge in [0.05, 0.1) is 22.9 Å². The lowest BCUT2D eigenvalue weighted by Crippen LogP contribution is -1.82. The van der Waals surface area contributed by atoms with Gasteiger partial charge in [0.2, 0.25) is 5.82 Å². The van der Waals surface area contributed by atoms with Crippen LogP contribution in [0.4, 0.5) is 0 Å². The Hall–Kier alpha value is -3.15. The van der Waals surface area contributed by atoms with Gasteiger partial charge in [-0.05, 0) is 30.3 Å². The Morgan fingerprint density at radius 1 is 1.10 bits per heavy atom. The van der Waals surface area contributed by atoms with Gasteiger partial charge in [0, 0.05) is 5.56 Å². The van der Waals surface area contributed by atoms with E-state index in [2.05, 4.69) is 20.1 Å². The summed E-state index contributed by atoms with van der Waals surface area (Å²) in [5, 5.41) is 13.8. The molecule has 0 aliphatic rings. The molecule has 4 aromatic rings. The van der Waals surface area contributed by atoms with Gasteiger partial charge in [-0.15, -0.1) is 0 Å². The Bertz CT molecular complexity index is 926. The monoisotopic (exact) mass is 278 g/mol. The van der Waals surface area contributed by atoms with E-state index in [0.717, 1.165) is 16.6 Å². The van der Waals surface area contributed by atoms with Gasteiger partial charge in [-0.3, -0.25) is 0 Å². The van der Waals surface area contributed by atoms with Gasteiger partial charge in [0.25, 0.3) is 5.89 Å². The second-order valence-corrected chi connectivity index (χ2v) is 4.57. The van der Waals surface area contributed by atoms with Crippen molar-refractivity contribution in [1.82, 2.24) is 20.1 Å². The number of aromatic nitrogens is 4. The maximum Gasteiger partial charge on any atom is 0.261 e. The predicted octanol–water partition coefficient (Wildman–Crippen LogP) is 2.99. The molecule has 0 amide bonds. The maximum absolute atomic E-state index is 9.82. The first-order valence-electron chi connectivity index (χ1n) is 6.37. The zero-order chi connectivity index (χ0) is 14.2. The van der Waals surface area contributed by atoms with Gasteiger partial charge >= 0.3 is 0 Å². The molecule has 0 radical (unpaired) electrons.